The number of hydrogen-bond acceptors (Lipinski definition) is 4. The van der Waals surface area contributed by atoms with Crippen molar-refractivity contribution in [1.82, 2.24) is 0 Å². The molecule has 4 rings (SSSR count). The maximum Gasteiger partial charge on any atom is 0.309 e. The van der Waals surface area contributed by atoms with Crippen LogP contribution in [0.1, 0.15) is 39.0 Å². The second-order valence-corrected chi connectivity index (χ2v) is 6.64. The van der Waals surface area contributed by atoms with E-state index in [2.05, 4.69) is 0 Å². The molecule has 0 unspecified atom stereocenters. The number of ether oxygens (including phenoxy) is 3. The lowest BCUT2D eigenvalue weighted by atomic mass is 9.70. The van der Waals surface area contributed by atoms with Crippen LogP contribution in [0.4, 0.5) is 0 Å². The van der Waals surface area contributed by atoms with Crippen LogP contribution in [0.25, 0.3) is 0 Å². The Bertz CT molecular complexity index is 398. The molecule has 4 fully saturated rings. The van der Waals surface area contributed by atoms with Crippen LogP contribution in [0.2, 0.25) is 0 Å². The first-order valence-corrected chi connectivity index (χ1v) is 7.65. The van der Waals surface area contributed by atoms with E-state index < -0.39 is 5.79 Å². The van der Waals surface area contributed by atoms with Gasteiger partial charge in [-0.2, -0.15) is 0 Å². The number of rotatable bonds is 2. The molecule has 0 amide bonds. The molecule has 19 heavy (non-hydrogen) atoms. The van der Waals surface area contributed by atoms with Gasteiger partial charge >= 0.3 is 5.97 Å². The lowest BCUT2D eigenvalue weighted by Crippen LogP contribution is -2.48. The average molecular weight is 266 g/mol. The molecule has 3 aliphatic carbocycles. The van der Waals surface area contributed by atoms with E-state index in [9.17, 15) is 4.79 Å². The Morgan fingerprint density at radius 1 is 1.32 bits per heavy atom. The molecule has 2 bridgehead atoms. The third-order valence-corrected chi connectivity index (χ3v) is 5.97. The smallest absolute Gasteiger partial charge is 0.309 e. The van der Waals surface area contributed by atoms with Crippen LogP contribution in [-0.4, -0.2) is 31.6 Å². The van der Waals surface area contributed by atoms with Gasteiger partial charge in [0.05, 0.1) is 25.7 Å². The van der Waals surface area contributed by atoms with E-state index in [0.717, 1.165) is 12.8 Å². The van der Waals surface area contributed by atoms with Gasteiger partial charge in [0.1, 0.15) is 0 Å². The lowest BCUT2D eigenvalue weighted by Gasteiger charge is -2.41. The van der Waals surface area contributed by atoms with Crippen LogP contribution >= 0.6 is 0 Å². The van der Waals surface area contributed by atoms with Crippen LogP contribution in [0.15, 0.2) is 0 Å². The minimum atomic E-state index is -0.460. The van der Waals surface area contributed by atoms with Crippen LogP contribution in [0, 0.1) is 23.2 Å². The van der Waals surface area contributed by atoms with Gasteiger partial charge in [-0.25, -0.2) is 0 Å². The normalized spacial score (nSPS) is 45.8. The molecule has 4 atom stereocenters. The SMILES string of the molecule is CCOC(=O)[C@@H]1[C@H]2C[C@]3(CCC[C@@H]13)CC21OCCO1. The van der Waals surface area contributed by atoms with E-state index in [0.29, 0.717) is 31.2 Å². The van der Waals surface area contributed by atoms with Crippen molar-refractivity contribution in [2.75, 3.05) is 19.8 Å². The fourth-order valence-electron chi connectivity index (χ4n) is 5.52. The Morgan fingerprint density at radius 3 is 2.84 bits per heavy atom. The van der Waals surface area contributed by atoms with E-state index in [1.54, 1.807) is 0 Å². The molecule has 0 aromatic heterocycles. The fraction of sp³-hybridized carbons (Fsp3) is 0.933. The van der Waals surface area contributed by atoms with Gasteiger partial charge in [-0.3, -0.25) is 4.79 Å². The maximum atomic E-state index is 12.4. The highest BCUT2D eigenvalue weighted by Crippen LogP contribution is 2.71. The van der Waals surface area contributed by atoms with Gasteiger partial charge in [-0.1, -0.05) is 6.42 Å². The molecule has 0 aromatic rings. The third-order valence-electron chi connectivity index (χ3n) is 5.97. The zero-order chi connectivity index (χ0) is 13.1. The number of carbonyl (C=O) groups is 1. The van der Waals surface area contributed by atoms with Gasteiger partial charge in [-0.15, -0.1) is 0 Å². The van der Waals surface area contributed by atoms with Crippen molar-refractivity contribution in [1.29, 1.82) is 0 Å². The van der Waals surface area contributed by atoms with Crippen molar-refractivity contribution < 1.29 is 19.0 Å². The molecule has 1 heterocycles. The van der Waals surface area contributed by atoms with E-state index in [-0.39, 0.29) is 17.8 Å². The molecule has 1 saturated heterocycles. The first-order valence-electron chi connectivity index (χ1n) is 7.65. The summed E-state index contributed by atoms with van der Waals surface area (Å²) in [5.41, 5.74) is 0.298. The predicted octanol–water partition coefficient (Wildman–Crippen LogP) is 2.12. The number of fused-ring (bicyclic) bond motifs is 2. The number of hydrogen-bond donors (Lipinski definition) is 0. The maximum absolute atomic E-state index is 12.4. The van der Waals surface area contributed by atoms with E-state index in [1.807, 2.05) is 6.92 Å². The van der Waals surface area contributed by atoms with Gasteiger partial charge < -0.3 is 14.2 Å². The minimum Gasteiger partial charge on any atom is -0.466 e. The molecule has 0 N–H and O–H groups in total. The summed E-state index contributed by atoms with van der Waals surface area (Å²) >= 11 is 0. The van der Waals surface area contributed by atoms with Crippen molar-refractivity contribution in [2.45, 2.75) is 44.8 Å². The second-order valence-electron chi connectivity index (χ2n) is 6.64. The second kappa shape index (κ2) is 3.95. The van der Waals surface area contributed by atoms with Crippen molar-refractivity contribution in [2.24, 2.45) is 23.2 Å². The summed E-state index contributed by atoms with van der Waals surface area (Å²) in [5.74, 6) is 0.265. The molecule has 2 spiro atoms. The summed E-state index contributed by atoms with van der Waals surface area (Å²) in [6.45, 7) is 3.70. The van der Waals surface area contributed by atoms with Crippen molar-refractivity contribution in [3.63, 3.8) is 0 Å². The summed E-state index contributed by atoms with van der Waals surface area (Å²) in [5, 5.41) is 0. The molecule has 4 aliphatic rings. The summed E-state index contributed by atoms with van der Waals surface area (Å²) < 4.78 is 17.3. The Kier molecular flexibility index (Phi) is 2.53. The molecule has 3 saturated carbocycles. The molecule has 0 radical (unpaired) electrons. The molecule has 106 valence electrons. The average Bonchev–Trinajstić information content (AvgIpc) is 3.08. The van der Waals surface area contributed by atoms with Gasteiger partial charge in [0.2, 0.25) is 0 Å². The predicted molar refractivity (Wildman–Crippen MR) is 67.3 cm³/mol. The standard InChI is InChI=1S/C15H22O4/c1-2-17-13(16)12-10-4-3-5-14(10)8-11(12)15(9-14)18-6-7-19-15/h10-12H,2-9H2,1H3/t10-,11+,12-,14+/m0/s1. The zero-order valence-electron chi connectivity index (χ0n) is 11.5. The summed E-state index contributed by atoms with van der Waals surface area (Å²) in [6, 6.07) is 0. The molecular formula is C15H22O4. The minimum absolute atomic E-state index is 0.00861. The summed E-state index contributed by atoms with van der Waals surface area (Å²) in [7, 11) is 0. The third kappa shape index (κ3) is 1.44. The van der Waals surface area contributed by atoms with Crippen molar-refractivity contribution >= 4 is 5.97 Å². The Balaban J connectivity index is 1.69. The largest absolute Gasteiger partial charge is 0.466 e. The fourth-order valence-corrected chi connectivity index (χ4v) is 5.52. The quantitative estimate of drug-likeness (QED) is 0.718. The van der Waals surface area contributed by atoms with Crippen LogP contribution in [0.3, 0.4) is 0 Å². The zero-order valence-corrected chi connectivity index (χ0v) is 11.5. The number of carbonyl (C=O) groups excluding carboxylic acids is 1. The van der Waals surface area contributed by atoms with E-state index in [4.69, 9.17) is 14.2 Å². The first-order chi connectivity index (χ1) is 9.21. The van der Waals surface area contributed by atoms with E-state index >= 15 is 0 Å². The Labute approximate surface area is 113 Å². The first kappa shape index (κ1) is 12.2. The molecule has 0 aromatic carbocycles. The highest BCUT2D eigenvalue weighted by Gasteiger charge is 2.72. The van der Waals surface area contributed by atoms with Gasteiger partial charge in [0, 0.05) is 12.3 Å². The Hall–Kier alpha value is -0.610. The molecular weight excluding hydrogens is 244 g/mol. The molecule has 1 aliphatic heterocycles. The molecule has 4 nitrogen and oxygen atoms in total. The Morgan fingerprint density at radius 2 is 2.11 bits per heavy atom. The summed E-state index contributed by atoms with van der Waals surface area (Å²) in [4.78, 5) is 12.4. The summed E-state index contributed by atoms with van der Waals surface area (Å²) in [6.07, 6.45) is 5.75. The topological polar surface area (TPSA) is 44.8 Å². The van der Waals surface area contributed by atoms with Crippen LogP contribution in [-0.2, 0) is 19.0 Å². The molecule has 4 heteroatoms. The van der Waals surface area contributed by atoms with Crippen LogP contribution < -0.4 is 0 Å². The monoisotopic (exact) mass is 266 g/mol. The van der Waals surface area contributed by atoms with Gasteiger partial charge in [0.25, 0.3) is 0 Å². The number of esters is 1. The lowest BCUT2D eigenvalue weighted by molar-refractivity contribution is -0.219. The highest BCUT2D eigenvalue weighted by atomic mass is 16.7. The van der Waals surface area contributed by atoms with E-state index in [1.165, 1.54) is 19.3 Å². The van der Waals surface area contributed by atoms with Crippen molar-refractivity contribution in [3.8, 4) is 0 Å². The van der Waals surface area contributed by atoms with Crippen LogP contribution in [0.5, 0.6) is 0 Å². The van der Waals surface area contributed by atoms with Crippen molar-refractivity contribution in [3.05, 3.63) is 0 Å². The van der Waals surface area contributed by atoms with Gasteiger partial charge in [0.15, 0.2) is 5.79 Å². The van der Waals surface area contributed by atoms with Gasteiger partial charge in [-0.05, 0) is 37.5 Å². The highest BCUT2D eigenvalue weighted by molar-refractivity contribution is 5.74.